The number of alkyl halides is 3. The van der Waals surface area contributed by atoms with E-state index >= 15 is 0 Å². The SMILES string of the molecule is CN1CCN(c2cc(NC(=O)c3csc4c3CCN(C(=O)c3cnc5ccccn35)C4)cc(C(F)(F)F)c2)CC1. The van der Waals surface area contributed by atoms with Gasteiger partial charge in [0.05, 0.1) is 23.9 Å². The number of aromatic nitrogens is 2. The van der Waals surface area contributed by atoms with Crippen LogP contribution in [0.5, 0.6) is 0 Å². The summed E-state index contributed by atoms with van der Waals surface area (Å²) in [4.78, 5) is 37.5. The molecule has 208 valence electrons. The van der Waals surface area contributed by atoms with Gasteiger partial charge in [0.15, 0.2) is 0 Å². The Morgan fingerprint density at radius 3 is 2.62 bits per heavy atom. The quantitative estimate of drug-likeness (QED) is 0.389. The number of pyridine rings is 1. The molecule has 1 fully saturated rings. The summed E-state index contributed by atoms with van der Waals surface area (Å²) in [7, 11) is 1.98. The van der Waals surface area contributed by atoms with Crippen molar-refractivity contribution in [2.24, 2.45) is 0 Å². The van der Waals surface area contributed by atoms with Crippen LogP contribution in [-0.4, -0.2) is 70.8 Å². The number of fused-ring (bicyclic) bond motifs is 2. The van der Waals surface area contributed by atoms with Crippen molar-refractivity contribution < 1.29 is 22.8 Å². The lowest BCUT2D eigenvalue weighted by Gasteiger charge is -2.34. The number of thiophene rings is 1. The van der Waals surface area contributed by atoms with Crippen LogP contribution in [0, 0.1) is 0 Å². The van der Waals surface area contributed by atoms with Crippen LogP contribution >= 0.6 is 11.3 Å². The summed E-state index contributed by atoms with van der Waals surface area (Å²) in [5.41, 5.74) is 2.16. The maximum absolute atomic E-state index is 13.7. The monoisotopic (exact) mass is 568 g/mol. The number of hydrogen-bond donors (Lipinski definition) is 1. The highest BCUT2D eigenvalue weighted by Gasteiger charge is 2.33. The molecule has 0 radical (unpaired) electrons. The van der Waals surface area contributed by atoms with Crippen molar-refractivity contribution in [3.05, 3.63) is 81.4 Å². The number of anilines is 2. The number of imidazole rings is 1. The summed E-state index contributed by atoms with van der Waals surface area (Å²) in [5, 5.41) is 4.43. The minimum absolute atomic E-state index is 0.105. The number of rotatable bonds is 4. The van der Waals surface area contributed by atoms with Crippen LogP contribution in [0.25, 0.3) is 5.65 Å². The number of amides is 2. The van der Waals surface area contributed by atoms with Gasteiger partial charge in [-0.15, -0.1) is 11.3 Å². The van der Waals surface area contributed by atoms with Gasteiger partial charge in [-0.05, 0) is 49.4 Å². The first kappa shape index (κ1) is 26.3. The number of piperazine rings is 1. The molecule has 12 heteroatoms. The number of nitrogens with one attached hydrogen (secondary N) is 1. The van der Waals surface area contributed by atoms with Gasteiger partial charge in [-0.1, -0.05) is 6.07 Å². The topological polar surface area (TPSA) is 73.2 Å². The zero-order valence-corrected chi connectivity index (χ0v) is 22.6. The Kier molecular flexibility index (Phi) is 6.75. The third-order valence-electron chi connectivity index (χ3n) is 7.49. The van der Waals surface area contributed by atoms with Gasteiger partial charge < -0.3 is 20.0 Å². The fraction of sp³-hybridized carbons (Fsp3) is 0.321. The molecular formula is C28H27F3N6O2S. The summed E-state index contributed by atoms with van der Waals surface area (Å²) in [6.45, 7) is 3.47. The Labute approximate surface area is 232 Å². The summed E-state index contributed by atoms with van der Waals surface area (Å²) in [6.07, 6.45) is -0.715. The third-order valence-corrected chi connectivity index (χ3v) is 8.50. The second-order valence-electron chi connectivity index (χ2n) is 10.1. The highest BCUT2D eigenvalue weighted by molar-refractivity contribution is 7.10. The van der Waals surface area contributed by atoms with Crippen LogP contribution in [0.3, 0.4) is 0 Å². The van der Waals surface area contributed by atoms with Gasteiger partial charge in [0.1, 0.15) is 11.3 Å². The molecule has 2 aliphatic heterocycles. The van der Waals surface area contributed by atoms with E-state index in [2.05, 4.69) is 15.2 Å². The average molecular weight is 569 g/mol. The van der Waals surface area contributed by atoms with E-state index in [0.29, 0.717) is 55.2 Å². The largest absolute Gasteiger partial charge is 0.416 e. The van der Waals surface area contributed by atoms with Crippen molar-refractivity contribution >= 4 is 40.2 Å². The Morgan fingerprint density at radius 2 is 1.85 bits per heavy atom. The van der Waals surface area contributed by atoms with Crippen LogP contribution < -0.4 is 10.2 Å². The fourth-order valence-electron chi connectivity index (χ4n) is 5.24. The minimum atomic E-state index is -4.54. The van der Waals surface area contributed by atoms with Gasteiger partial charge in [-0.3, -0.25) is 14.0 Å². The van der Waals surface area contributed by atoms with Gasteiger partial charge in [0, 0.05) is 60.6 Å². The van der Waals surface area contributed by atoms with E-state index < -0.39 is 17.6 Å². The van der Waals surface area contributed by atoms with Gasteiger partial charge >= 0.3 is 6.18 Å². The molecule has 2 aliphatic rings. The maximum atomic E-state index is 13.7. The molecule has 3 aromatic heterocycles. The van der Waals surface area contributed by atoms with E-state index in [0.717, 1.165) is 35.7 Å². The number of carbonyl (C=O) groups is 2. The van der Waals surface area contributed by atoms with Crippen LogP contribution in [-0.2, 0) is 19.1 Å². The highest BCUT2D eigenvalue weighted by Crippen LogP contribution is 2.36. The van der Waals surface area contributed by atoms with Gasteiger partial charge in [-0.25, -0.2) is 4.98 Å². The minimum Gasteiger partial charge on any atom is -0.369 e. The Balaban J connectivity index is 1.21. The molecule has 5 heterocycles. The highest BCUT2D eigenvalue weighted by atomic mass is 32.1. The van der Waals surface area contributed by atoms with Crippen molar-refractivity contribution in [2.45, 2.75) is 19.1 Å². The molecule has 1 aromatic carbocycles. The molecule has 0 bridgehead atoms. The average Bonchev–Trinajstić information content (AvgIpc) is 3.56. The number of nitrogens with zero attached hydrogens (tertiary/aromatic N) is 5. The van der Waals surface area contributed by atoms with Crippen molar-refractivity contribution in [1.29, 1.82) is 0 Å². The third kappa shape index (κ3) is 5.04. The molecule has 4 aromatic rings. The van der Waals surface area contributed by atoms with Crippen LogP contribution in [0.2, 0.25) is 0 Å². The number of halogens is 3. The van der Waals surface area contributed by atoms with Gasteiger partial charge in [0.25, 0.3) is 11.8 Å². The fourth-order valence-corrected chi connectivity index (χ4v) is 6.33. The van der Waals surface area contributed by atoms with Crippen molar-refractivity contribution in [1.82, 2.24) is 19.2 Å². The molecule has 2 amide bonds. The van der Waals surface area contributed by atoms with Crippen LogP contribution in [0.4, 0.5) is 24.5 Å². The molecule has 0 aliphatic carbocycles. The van der Waals surface area contributed by atoms with Crippen LogP contribution in [0.15, 0.2) is 54.2 Å². The predicted octanol–water partition coefficient (Wildman–Crippen LogP) is 4.62. The maximum Gasteiger partial charge on any atom is 0.416 e. The molecule has 0 unspecified atom stereocenters. The number of likely N-dealkylation sites (N-methyl/N-ethyl adjacent to an activating group) is 1. The zero-order chi connectivity index (χ0) is 28.0. The van der Waals surface area contributed by atoms with Crippen molar-refractivity contribution in [2.75, 3.05) is 50.0 Å². The summed E-state index contributed by atoms with van der Waals surface area (Å²) in [5.74, 6) is -0.605. The van der Waals surface area contributed by atoms with E-state index in [1.165, 1.54) is 11.3 Å². The van der Waals surface area contributed by atoms with Gasteiger partial charge in [0.2, 0.25) is 0 Å². The first-order valence-electron chi connectivity index (χ1n) is 12.9. The smallest absolute Gasteiger partial charge is 0.369 e. The molecular weight excluding hydrogens is 541 g/mol. The van der Waals surface area contributed by atoms with E-state index in [1.54, 1.807) is 33.1 Å². The van der Waals surface area contributed by atoms with Crippen LogP contribution in [0.1, 0.15) is 36.9 Å². The van der Waals surface area contributed by atoms with Crippen molar-refractivity contribution in [3.8, 4) is 0 Å². The standard InChI is InChI=1S/C28H27F3N6O2S/c1-34-8-10-35(11-9-34)20-13-18(28(29,30)31)12-19(14-20)33-26(38)22-17-40-24-16-36(7-5-21(22)24)27(39)23-15-32-25-4-2-3-6-37(23)25/h2-4,6,12-15,17H,5,7-11,16H2,1H3,(H,33,38). The Bertz CT molecular complexity index is 1590. The first-order chi connectivity index (χ1) is 19.2. The lowest BCUT2D eigenvalue weighted by molar-refractivity contribution is -0.137. The molecule has 40 heavy (non-hydrogen) atoms. The molecule has 1 saturated heterocycles. The summed E-state index contributed by atoms with van der Waals surface area (Å²) in [6, 6.07) is 9.24. The molecule has 0 atom stereocenters. The molecule has 1 N–H and O–H groups in total. The van der Waals surface area contributed by atoms with E-state index in [4.69, 9.17) is 0 Å². The lowest BCUT2D eigenvalue weighted by Crippen LogP contribution is -2.44. The van der Waals surface area contributed by atoms with Crippen molar-refractivity contribution in [3.63, 3.8) is 0 Å². The predicted molar refractivity (Wildman–Crippen MR) is 147 cm³/mol. The second-order valence-corrected chi connectivity index (χ2v) is 11.1. The molecule has 8 nitrogen and oxygen atoms in total. The van der Waals surface area contributed by atoms with Gasteiger partial charge in [-0.2, -0.15) is 13.2 Å². The summed E-state index contributed by atoms with van der Waals surface area (Å²) < 4.78 is 42.9. The lowest BCUT2D eigenvalue weighted by atomic mass is 10.0. The number of hydrogen-bond acceptors (Lipinski definition) is 6. The number of carbonyl (C=O) groups excluding carboxylic acids is 2. The van der Waals surface area contributed by atoms with E-state index in [1.807, 2.05) is 30.1 Å². The Hall–Kier alpha value is -3.90. The second kappa shape index (κ2) is 10.3. The normalized spacial score (nSPS) is 16.3. The van der Waals surface area contributed by atoms with E-state index in [-0.39, 0.29) is 11.6 Å². The zero-order valence-electron chi connectivity index (χ0n) is 21.7. The molecule has 0 saturated carbocycles. The molecule has 6 rings (SSSR count). The molecule has 0 spiro atoms. The Morgan fingerprint density at radius 1 is 1.05 bits per heavy atom. The van der Waals surface area contributed by atoms with E-state index in [9.17, 15) is 22.8 Å². The summed E-state index contributed by atoms with van der Waals surface area (Å²) >= 11 is 1.38. The number of benzene rings is 1. The first-order valence-corrected chi connectivity index (χ1v) is 13.8.